The molecule has 0 spiro atoms. The highest BCUT2D eigenvalue weighted by Gasteiger charge is 2.06. The number of amides is 1. The molecule has 0 aliphatic heterocycles. The Hall–Kier alpha value is -3.15. The third kappa shape index (κ3) is 6.47. The maximum atomic E-state index is 11.9. The molecular weight excluding hydrogens is 320 g/mol. The van der Waals surface area contributed by atoms with Gasteiger partial charge in [0.05, 0.1) is 5.71 Å². The van der Waals surface area contributed by atoms with Crippen LogP contribution in [0.4, 0.5) is 0 Å². The number of nitrogens with one attached hydrogen (secondary N) is 1. The second-order valence-electron chi connectivity index (χ2n) is 5.43. The van der Waals surface area contributed by atoms with Crippen molar-refractivity contribution in [1.29, 1.82) is 0 Å². The molecule has 0 heterocycles. The number of carbonyl (C=O) groups is 2. The molecule has 0 unspecified atom stereocenters. The van der Waals surface area contributed by atoms with Crippen LogP contribution in [0.15, 0.2) is 59.7 Å². The lowest BCUT2D eigenvalue weighted by Crippen LogP contribution is -2.27. The summed E-state index contributed by atoms with van der Waals surface area (Å²) in [6, 6.07) is 16.4. The zero-order valence-corrected chi connectivity index (χ0v) is 13.9. The summed E-state index contributed by atoms with van der Waals surface area (Å²) >= 11 is 0. The van der Waals surface area contributed by atoms with Crippen LogP contribution in [0.2, 0.25) is 0 Å². The Bertz CT molecular complexity index is 740. The molecule has 0 fully saturated rings. The van der Waals surface area contributed by atoms with Crippen molar-refractivity contribution >= 4 is 17.6 Å². The molecule has 0 bridgehead atoms. The summed E-state index contributed by atoms with van der Waals surface area (Å²) in [5.74, 6) is -1.01. The van der Waals surface area contributed by atoms with E-state index in [-0.39, 0.29) is 19.4 Å². The number of nitrogens with zero attached hydrogens (tertiary/aromatic N) is 1. The van der Waals surface area contributed by atoms with Gasteiger partial charge in [-0.05, 0) is 37.5 Å². The number of carboxylic acids is 1. The molecule has 0 aliphatic rings. The minimum atomic E-state index is -1.17. The minimum Gasteiger partial charge on any atom is -0.550 e. The van der Waals surface area contributed by atoms with E-state index in [2.05, 4.69) is 10.5 Å². The lowest BCUT2D eigenvalue weighted by molar-refractivity contribution is -0.305. The Morgan fingerprint density at radius 1 is 1.04 bits per heavy atom. The van der Waals surface area contributed by atoms with Crippen LogP contribution in [0, 0.1) is 6.92 Å². The number of rotatable bonds is 8. The highest BCUT2D eigenvalue weighted by Crippen LogP contribution is 2.11. The topological polar surface area (TPSA) is 90.8 Å². The van der Waals surface area contributed by atoms with E-state index in [4.69, 9.17) is 4.74 Å². The molecule has 0 aromatic heterocycles. The van der Waals surface area contributed by atoms with Crippen LogP contribution in [-0.2, 0) is 9.59 Å². The first-order chi connectivity index (χ1) is 12.0. The summed E-state index contributed by atoms with van der Waals surface area (Å²) in [6.07, 6.45) is -0.0189. The van der Waals surface area contributed by atoms with Gasteiger partial charge < -0.3 is 14.6 Å². The normalized spacial score (nSPS) is 11.0. The highest BCUT2D eigenvalue weighted by atomic mass is 16.5. The smallest absolute Gasteiger partial charge is 0.277 e. The standard InChI is InChI=1S/C19H20N2O4/c1-14-7-9-16(10-8-14)25-13-18(22)21-20-17(11-12-19(23)24)15-5-3-2-4-6-15/h2-10H,11-13H2,1H3,(H,21,22)(H,23,24)/p-1/b20-17-. The fourth-order valence-electron chi connectivity index (χ4n) is 2.06. The van der Waals surface area contributed by atoms with Crippen LogP contribution in [0.5, 0.6) is 5.75 Å². The molecule has 1 amide bonds. The van der Waals surface area contributed by atoms with E-state index in [0.29, 0.717) is 11.5 Å². The number of ether oxygens (including phenoxy) is 1. The van der Waals surface area contributed by atoms with Crippen molar-refractivity contribution in [2.45, 2.75) is 19.8 Å². The second kappa shape index (κ2) is 9.22. The molecule has 0 saturated heterocycles. The summed E-state index contributed by atoms with van der Waals surface area (Å²) in [6.45, 7) is 1.78. The van der Waals surface area contributed by atoms with Gasteiger partial charge >= 0.3 is 0 Å². The molecule has 2 aromatic rings. The summed E-state index contributed by atoms with van der Waals surface area (Å²) in [4.78, 5) is 22.6. The first kappa shape index (κ1) is 18.2. The number of aliphatic carboxylic acids is 1. The summed E-state index contributed by atoms with van der Waals surface area (Å²) in [5, 5.41) is 14.7. The van der Waals surface area contributed by atoms with Gasteiger partial charge in [0, 0.05) is 5.97 Å². The molecule has 0 atom stereocenters. The number of aryl methyl sites for hydroxylation is 1. The van der Waals surface area contributed by atoms with Crippen LogP contribution < -0.4 is 15.3 Å². The maximum Gasteiger partial charge on any atom is 0.277 e. The fourth-order valence-corrected chi connectivity index (χ4v) is 2.06. The third-order valence-electron chi connectivity index (χ3n) is 3.38. The van der Waals surface area contributed by atoms with Crippen LogP contribution in [0.25, 0.3) is 0 Å². The zero-order valence-electron chi connectivity index (χ0n) is 13.9. The van der Waals surface area contributed by atoms with Crippen LogP contribution in [0.1, 0.15) is 24.0 Å². The van der Waals surface area contributed by atoms with Crippen molar-refractivity contribution in [3.05, 3.63) is 65.7 Å². The monoisotopic (exact) mass is 339 g/mol. The molecule has 2 aromatic carbocycles. The van der Waals surface area contributed by atoms with E-state index in [1.165, 1.54) is 0 Å². The minimum absolute atomic E-state index is 0.158. The van der Waals surface area contributed by atoms with Crippen molar-refractivity contribution < 1.29 is 19.4 Å². The SMILES string of the molecule is Cc1ccc(OCC(=O)N/N=C(/CCC(=O)[O-])c2ccccc2)cc1. The molecule has 0 radical (unpaired) electrons. The Morgan fingerprint density at radius 2 is 1.72 bits per heavy atom. The van der Waals surface area contributed by atoms with Crippen molar-refractivity contribution in [2.24, 2.45) is 5.10 Å². The predicted octanol–water partition coefficient (Wildman–Crippen LogP) is 1.42. The van der Waals surface area contributed by atoms with Crippen molar-refractivity contribution in [3.8, 4) is 5.75 Å². The summed E-state index contributed by atoms with van der Waals surface area (Å²) < 4.78 is 5.37. The van der Waals surface area contributed by atoms with Crippen LogP contribution in [0.3, 0.4) is 0 Å². The third-order valence-corrected chi connectivity index (χ3v) is 3.38. The van der Waals surface area contributed by atoms with Gasteiger partial charge in [-0.3, -0.25) is 4.79 Å². The highest BCUT2D eigenvalue weighted by molar-refractivity contribution is 6.02. The summed E-state index contributed by atoms with van der Waals surface area (Å²) in [7, 11) is 0. The van der Waals surface area contributed by atoms with Gasteiger partial charge in [-0.15, -0.1) is 0 Å². The Kier molecular flexibility index (Phi) is 6.71. The van der Waals surface area contributed by atoms with Gasteiger partial charge in [-0.1, -0.05) is 48.0 Å². The van der Waals surface area contributed by atoms with Crippen molar-refractivity contribution in [1.82, 2.24) is 5.43 Å². The predicted molar refractivity (Wildman–Crippen MR) is 92.0 cm³/mol. The number of hydrazone groups is 1. The lowest BCUT2D eigenvalue weighted by Gasteiger charge is -2.09. The van der Waals surface area contributed by atoms with Crippen molar-refractivity contribution in [2.75, 3.05) is 6.61 Å². The number of carbonyl (C=O) groups excluding carboxylic acids is 2. The van der Waals surface area contributed by atoms with E-state index >= 15 is 0 Å². The lowest BCUT2D eigenvalue weighted by atomic mass is 10.1. The first-order valence-corrected chi connectivity index (χ1v) is 7.85. The number of hydrogen-bond acceptors (Lipinski definition) is 5. The summed E-state index contributed by atoms with van der Waals surface area (Å²) in [5.41, 5.74) is 4.70. The number of benzene rings is 2. The fraction of sp³-hybridized carbons (Fsp3) is 0.211. The van der Waals surface area contributed by atoms with Gasteiger partial charge in [0.25, 0.3) is 5.91 Å². The average Bonchev–Trinajstić information content (AvgIpc) is 2.62. The van der Waals surface area contributed by atoms with E-state index in [1.807, 2.05) is 37.3 Å². The Balaban J connectivity index is 1.95. The molecule has 2 rings (SSSR count). The van der Waals surface area contributed by atoms with E-state index in [0.717, 1.165) is 11.1 Å². The van der Waals surface area contributed by atoms with Gasteiger partial charge in [0.15, 0.2) is 6.61 Å². The van der Waals surface area contributed by atoms with Crippen molar-refractivity contribution in [3.63, 3.8) is 0 Å². The quantitative estimate of drug-likeness (QED) is 0.582. The molecular formula is C19H19N2O4-. The average molecular weight is 339 g/mol. The Labute approximate surface area is 146 Å². The van der Waals surface area contributed by atoms with Crippen LogP contribution >= 0.6 is 0 Å². The van der Waals surface area contributed by atoms with Crippen LogP contribution in [-0.4, -0.2) is 24.2 Å². The van der Waals surface area contributed by atoms with Gasteiger partial charge in [0.1, 0.15) is 5.75 Å². The Morgan fingerprint density at radius 3 is 2.36 bits per heavy atom. The number of hydrogen-bond donors (Lipinski definition) is 1. The molecule has 6 heteroatoms. The van der Waals surface area contributed by atoms with Gasteiger partial charge in [0.2, 0.25) is 0 Å². The van der Waals surface area contributed by atoms with E-state index in [9.17, 15) is 14.7 Å². The first-order valence-electron chi connectivity index (χ1n) is 7.85. The molecule has 0 aliphatic carbocycles. The van der Waals surface area contributed by atoms with E-state index in [1.54, 1.807) is 24.3 Å². The molecule has 25 heavy (non-hydrogen) atoms. The van der Waals surface area contributed by atoms with Gasteiger partial charge in [-0.2, -0.15) is 5.10 Å². The zero-order chi connectivity index (χ0) is 18.1. The molecule has 1 N–H and O–H groups in total. The van der Waals surface area contributed by atoms with E-state index < -0.39 is 11.9 Å². The second-order valence-corrected chi connectivity index (χ2v) is 5.43. The molecule has 6 nitrogen and oxygen atoms in total. The largest absolute Gasteiger partial charge is 0.550 e. The molecule has 130 valence electrons. The number of carboxylic acid groups (broad SMARTS) is 1. The van der Waals surface area contributed by atoms with Gasteiger partial charge in [-0.25, -0.2) is 5.43 Å². The maximum absolute atomic E-state index is 11.9. The molecule has 0 saturated carbocycles.